The first-order valence-electron chi connectivity index (χ1n) is 6.37. The van der Waals surface area contributed by atoms with Crippen LogP contribution in [0.25, 0.3) is 0 Å². The Kier molecular flexibility index (Phi) is 3.66. The van der Waals surface area contributed by atoms with Crippen molar-refractivity contribution in [1.82, 2.24) is 5.32 Å². The summed E-state index contributed by atoms with van der Waals surface area (Å²) in [5, 5.41) is 3.31. The van der Waals surface area contributed by atoms with Crippen LogP contribution in [0.4, 0.5) is 13.2 Å². The van der Waals surface area contributed by atoms with Gasteiger partial charge in [-0.05, 0) is 37.3 Å². The second kappa shape index (κ2) is 4.92. The topological polar surface area (TPSA) is 12.0 Å². The van der Waals surface area contributed by atoms with E-state index in [9.17, 15) is 13.2 Å². The summed E-state index contributed by atoms with van der Waals surface area (Å²) in [4.78, 5) is 0. The molecule has 1 saturated carbocycles. The molecule has 0 spiro atoms. The third-order valence-corrected chi connectivity index (χ3v) is 3.96. The van der Waals surface area contributed by atoms with E-state index in [0.717, 1.165) is 25.3 Å². The Labute approximate surface area is 105 Å². The van der Waals surface area contributed by atoms with Crippen molar-refractivity contribution in [2.45, 2.75) is 50.9 Å². The molecule has 1 aliphatic rings. The zero-order valence-corrected chi connectivity index (χ0v) is 10.5. The van der Waals surface area contributed by atoms with E-state index in [2.05, 4.69) is 12.2 Å². The first-order valence-corrected chi connectivity index (χ1v) is 6.37. The van der Waals surface area contributed by atoms with E-state index in [-0.39, 0.29) is 5.54 Å². The second-order valence-electron chi connectivity index (χ2n) is 5.00. The van der Waals surface area contributed by atoms with E-state index in [0.29, 0.717) is 12.1 Å². The Morgan fingerprint density at radius 3 is 2.39 bits per heavy atom. The molecule has 0 aromatic heterocycles. The molecular formula is C14H18F3N. The van der Waals surface area contributed by atoms with Gasteiger partial charge in [-0.2, -0.15) is 13.2 Å². The van der Waals surface area contributed by atoms with Crippen LogP contribution < -0.4 is 5.32 Å². The zero-order chi connectivity index (χ0) is 13.2. The van der Waals surface area contributed by atoms with Gasteiger partial charge in [-0.25, -0.2) is 0 Å². The van der Waals surface area contributed by atoms with E-state index in [1.54, 1.807) is 12.1 Å². The maximum Gasteiger partial charge on any atom is 0.416 e. The molecule has 0 saturated heterocycles. The molecule has 1 aromatic rings. The SMILES string of the molecule is CCC1(NCc2ccccc2C(F)(F)F)CCC1. The lowest BCUT2D eigenvalue weighted by Gasteiger charge is -2.42. The number of hydrogen-bond acceptors (Lipinski definition) is 1. The summed E-state index contributed by atoms with van der Waals surface area (Å²) in [6.45, 7) is 2.38. The first kappa shape index (κ1) is 13.4. The normalized spacial score (nSPS) is 18.4. The van der Waals surface area contributed by atoms with Gasteiger partial charge in [-0.3, -0.25) is 0 Å². The van der Waals surface area contributed by atoms with Crippen LogP contribution in [-0.2, 0) is 12.7 Å². The van der Waals surface area contributed by atoms with Crippen LogP contribution in [0, 0.1) is 0 Å². The first-order chi connectivity index (χ1) is 8.47. The van der Waals surface area contributed by atoms with E-state index in [1.165, 1.54) is 12.5 Å². The summed E-state index contributed by atoms with van der Waals surface area (Å²) >= 11 is 0. The molecule has 0 heterocycles. The predicted molar refractivity (Wildman–Crippen MR) is 65.2 cm³/mol. The number of hydrogen-bond donors (Lipinski definition) is 1. The lowest BCUT2D eigenvalue weighted by molar-refractivity contribution is -0.138. The fourth-order valence-electron chi connectivity index (χ4n) is 2.49. The average Bonchev–Trinajstić information content (AvgIpc) is 2.27. The second-order valence-corrected chi connectivity index (χ2v) is 5.00. The number of rotatable bonds is 4. The van der Waals surface area contributed by atoms with Crippen molar-refractivity contribution in [2.24, 2.45) is 0 Å². The molecule has 0 bridgehead atoms. The molecule has 1 N–H and O–H groups in total. The fourth-order valence-corrected chi connectivity index (χ4v) is 2.49. The highest BCUT2D eigenvalue weighted by molar-refractivity contribution is 5.29. The zero-order valence-electron chi connectivity index (χ0n) is 10.5. The van der Waals surface area contributed by atoms with E-state index < -0.39 is 11.7 Å². The third kappa shape index (κ3) is 2.69. The summed E-state index contributed by atoms with van der Waals surface area (Å²) in [5.74, 6) is 0. The van der Waals surface area contributed by atoms with Crippen molar-refractivity contribution >= 4 is 0 Å². The van der Waals surface area contributed by atoms with Gasteiger partial charge in [-0.1, -0.05) is 25.1 Å². The van der Waals surface area contributed by atoms with Crippen LogP contribution in [0.3, 0.4) is 0 Å². The number of nitrogens with one attached hydrogen (secondary N) is 1. The molecule has 100 valence electrons. The molecule has 1 nitrogen and oxygen atoms in total. The van der Waals surface area contributed by atoms with Gasteiger partial charge < -0.3 is 5.32 Å². The molecule has 1 aliphatic carbocycles. The number of alkyl halides is 3. The molecule has 4 heteroatoms. The molecule has 18 heavy (non-hydrogen) atoms. The van der Waals surface area contributed by atoms with Crippen molar-refractivity contribution in [1.29, 1.82) is 0 Å². The highest BCUT2D eigenvalue weighted by Crippen LogP contribution is 2.36. The number of benzene rings is 1. The molecule has 1 aromatic carbocycles. The van der Waals surface area contributed by atoms with Crippen molar-refractivity contribution in [3.05, 3.63) is 35.4 Å². The van der Waals surface area contributed by atoms with Crippen LogP contribution >= 0.6 is 0 Å². The van der Waals surface area contributed by atoms with Gasteiger partial charge in [0.1, 0.15) is 0 Å². The molecular weight excluding hydrogens is 239 g/mol. The quantitative estimate of drug-likeness (QED) is 0.855. The van der Waals surface area contributed by atoms with E-state index in [4.69, 9.17) is 0 Å². The van der Waals surface area contributed by atoms with Crippen LogP contribution in [0.1, 0.15) is 43.7 Å². The van der Waals surface area contributed by atoms with Gasteiger partial charge in [0, 0.05) is 12.1 Å². The van der Waals surface area contributed by atoms with Gasteiger partial charge >= 0.3 is 6.18 Å². The third-order valence-electron chi connectivity index (χ3n) is 3.96. The maximum atomic E-state index is 12.8. The van der Waals surface area contributed by atoms with Crippen LogP contribution in [0.15, 0.2) is 24.3 Å². The Balaban J connectivity index is 2.10. The van der Waals surface area contributed by atoms with Crippen molar-refractivity contribution < 1.29 is 13.2 Å². The smallest absolute Gasteiger partial charge is 0.307 e. The molecule has 0 unspecified atom stereocenters. The average molecular weight is 257 g/mol. The lowest BCUT2D eigenvalue weighted by Crippen LogP contribution is -2.50. The van der Waals surface area contributed by atoms with E-state index >= 15 is 0 Å². The van der Waals surface area contributed by atoms with Gasteiger partial charge in [-0.15, -0.1) is 0 Å². The Morgan fingerprint density at radius 2 is 1.89 bits per heavy atom. The molecule has 2 rings (SSSR count). The van der Waals surface area contributed by atoms with Crippen LogP contribution in [0.2, 0.25) is 0 Å². The van der Waals surface area contributed by atoms with Crippen molar-refractivity contribution in [3.8, 4) is 0 Å². The number of halogens is 3. The molecule has 0 atom stereocenters. The largest absolute Gasteiger partial charge is 0.416 e. The summed E-state index contributed by atoms with van der Waals surface area (Å²) in [6.07, 6.45) is 0.00950. The standard InChI is InChI=1S/C14H18F3N/c1-2-13(8-5-9-13)18-10-11-6-3-4-7-12(11)14(15,16)17/h3-4,6-7,18H,2,5,8-10H2,1H3. The van der Waals surface area contributed by atoms with Crippen LogP contribution in [0.5, 0.6) is 0 Å². The van der Waals surface area contributed by atoms with Gasteiger partial charge in [0.25, 0.3) is 0 Å². The van der Waals surface area contributed by atoms with Crippen molar-refractivity contribution in [2.75, 3.05) is 0 Å². The monoisotopic (exact) mass is 257 g/mol. The van der Waals surface area contributed by atoms with Gasteiger partial charge in [0.15, 0.2) is 0 Å². The summed E-state index contributed by atoms with van der Waals surface area (Å²) in [5.41, 5.74) is -0.119. The molecule has 1 fully saturated rings. The highest BCUT2D eigenvalue weighted by atomic mass is 19.4. The molecule has 0 amide bonds. The summed E-state index contributed by atoms with van der Waals surface area (Å²) in [7, 11) is 0. The maximum absolute atomic E-state index is 12.8. The highest BCUT2D eigenvalue weighted by Gasteiger charge is 2.36. The summed E-state index contributed by atoms with van der Waals surface area (Å²) in [6, 6.07) is 5.80. The van der Waals surface area contributed by atoms with Gasteiger partial charge in [0.2, 0.25) is 0 Å². The van der Waals surface area contributed by atoms with E-state index in [1.807, 2.05) is 0 Å². The van der Waals surface area contributed by atoms with Crippen LogP contribution in [-0.4, -0.2) is 5.54 Å². The minimum Gasteiger partial charge on any atom is -0.307 e. The predicted octanol–water partition coefficient (Wildman–Crippen LogP) is 4.13. The summed E-state index contributed by atoms with van der Waals surface area (Å²) < 4.78 is 38.5. The minimum absolute atomic E-state index is 0.0682. The molecule has 0 radical (unpaired) electrons. The van der Waals surface area contributed by atoms with Gasteiger partial charge in [0.05, 0.1) is 5.56 Å². The Bertz CT molecular complexity index is 402. The fraction of sp³-hybridized carbons (Fsp3) is 0.571. The Morgan fingerprint density at radius 1 is 1.22 bits per heavy atom. The Hall–Kier alpha value is -1.03. The molecule has 0 aliphatic heterocycles. The minimum atomic E-state index is -4.27. The van der Waals surface area contributed by atoms with Crippen molar-refractivity contribution in [3.63, 3.8) is 0 Å². The lowest BCUT2D eigenvalue weighted by atomic mass is 9.75.